The minimum absolute atomic E-state index is 0.0521. The Bertz CT molecular complexity index is 784. The van der Waals surface area contributed by atoms with Gasteiger partial charge in [0.1, 0.15) is 6.10 Å². The maximum Gasteiger partial charge on any atom is 0.102 e. The minimum Gasteiger partial charge on any atom is -0.375 e. The molecule has 0 fully saturated rings. The molecular formula is C24H25NO. The van der Waals surface area contributed by atoms with Crippen LogP contribution in [0.25, 0.3) is 6.08 Å². The lowest BCUT2D eigenvalue weighted by Crippen LogP contribution is -2.28. The van der Waals surface area contributed by atoms with Gasteiger partial charge in [0.25, 0.3) is 0 Å². The van der Waals surface area contributed by atoms with E-state index in [4.69, 9.17) is 4.74 Å². The van der Waals surface area contributed by atoms with Crippen molar-refractivity contribution in [3.63, 3.8) is 0 Å². The predicted molar refractivity (Wildman–Crippen MR) is 109 cm³/mol. The van der Waals surface area contributed by atoms with Gasteiger partial charge in [0.2, 0.25) is 0 Å². The Morgan fingerprint density at radius 2 is 1.31 bits per heavy atom. The van der Waals surface area contributed by atoms with Crippen LogP contribution in [0.15, 0.2) is 97.1 Å². The molecule has 0 unspecified atom stereocenters. The average molecular weight is 343 g/mol. The quantitative estimate of drug-likeness (QED) is 0.590. The van der Waals surface area contributed by atoms with Crippen molar-refractivity contribution in [1.29, 1.82) is 0 Å². The summed E-state index contributed by atoms with van der Waals surface area (Å²) in [7, 11) is 1.77. The third kappa shape index (κ3) is 4.92. The standard InChI is InChI=1S/C24H25NO/c1-26-24(22-17-9-4-10-18-22)23(21-15-7-3-8-16-21)25-19-11-14-20-12-5-2-6-13-20/h2-18,23-25H,19H2,1H3/b14-11+/t23-,24+/m0/s1. The summed E-state index contributed by atoms with van der Waals surface area (Å²) < 4.78 is 5.88. The molecule has 2 nitrogen and oxygen atoms in total. The monoisotopic (exact) mass is 343 g/mol. The lowest BCUT2D eigenvalue weighted by molar-refractivity contribution is 0.0688. The molecule has 2 heteroatoms. The number of benzene rings is 3. The molecule has 0 spiro atoms. The van der Waals surface area contributed by atoms with Gasteiger partial charge < -0.3 is 10.1 Å². The smallest absolute Gasteiger partial charge is 0.102 e. The fourth-order valence-corrected chi connectivity index (χ4v) is 3.12. The Morgan fingerprint density at radius 1 is 0.769 bits per heavy atom. The minimum atomic E-state index is -0.0521. The van der Waals surface area contributed by atoms with Crippen LogP contribution < -0.4 is 5.32 Å². The largest absolute Gasteiger partial charge is 0.375 e. The first-order chi connectivity index (χ1) is 12.9. The Labute approximate surface area is 156 Å². The number of ether oxygens (including phenoxy) is 1. The zero-order valence-corrected chi connectivity index (χ0v) is 15.1. The summed E-state index contributed by atoms with van der Waals surface area (Å²) in [6, 6.07) is 31.3. The molecule has 0 aliphatic rings. The van der Waals surface area contributed by atoms with Gasteiger partial charge in [0.05, 0.1) is 6.04 Å². The van der Waals surface area contributed by atoms with Crippen molar-refractivity contribution >= 4 is 6.08 Å². The SMILES string of the molecule is CO[C@H](c1ccccc1)[C@@H](NC/C=C/c1ccccc1)c1ccccc1. The zero-order valence-electron chi connectivity index (χ0n) is 15.1. The predicted octanol–water partition coefficient (Wildman–Crippen LogP) is 5.42. The van der Waals surface area contributed by atoms with Crippen molar-refractivity contribution in [2.75, 3.05) is 13.7 Å². The molecule has 0 aromatic heterocycles. The summed E-state index contributed by atoms with van der Waals surface area (Å²) in [4.78, 5) is 0. The van der Waals surface area contributed by atoms with Crippen molar-refractivity contribution in [2.24, 2.45) is 0 Å². The fourth-order valence-electron chi connectivity index (χ4n) is 3.12. The molecule has 3 rings (SSSR count). The van der Waals surface area contributed by atoms with Crippen LogP contribution in [-0.4, -0.2) is 13.7 Å². The van der Waals surface area contributed by atoms with Gasteiger partial charge in [-0.15, -0.1) is 0 Å². The highest BCUT2D eigenvalue weighted by molar-refractivity contribution is 5.48. The summed E-state index contributed by atoms with van der Waals surface area (Å²) in [5.74, 6) is 0. The molecule has 0 aliphatic heterocycles. The van der Waals surface area contributed by atoms with Crippen LogP contribution in [0.2, 0.25) is 0 Å². The molecule has 3 aromatic rings. The summed E-state index contributed by atoms with van der Waals surface area (Å²) in [6.45, 7) is 0.765. The van der Waals surface area contributed by atoms with Gasteiger partial charge in [0.15, 0.2) is 0 Å². The first-order valence-corrected chi connectivity index (χ1v) is 8.96. The average Bonchev–Trinajstić information content (AvgIpc) is 2.72. The molecule has 0 radical (unpaired) electrons. The maximum atomic E-state index is 5.88. The van der Waals surface area contributed by atoms with Crippen molar-refractivity contribution in [1.82, 2.24) is 5.32 Å². The Balaban J connectivity index is 1.76. The second-order valence-electron chi connectivity index (χ2n) is 6.18. The van der Waals surface area contributed by atoms with Crippen LogP contribution in [0.3, 0.4) is 0 Å². The number of hydrogen-bond donors (Lipinski definition) is 1. The van der Waals surface area contributed by atoms with E-state index in [-0.39, 0.29) is 12.1 Å². The van der Waals surface area contributed by atoms with E-state index >= 15 is 0 Å². The molecule has 1 N–H and O–H groups in total. The number of hydrogen-bond acceptors (Lipinski definition) is 2. The van der Waals surface area contributed by atoms with Gasteiger partial charge in [-0.25, -0.2) is 0 Å². The third-order valence-electron chi connectivity index (χ3n) is 4.41. The van der Waals surface area contributed by atoms with E-state index in [1.165, 1.54) is 16.7 Å². The lowest BCUT2D eigenvalue weighted by atomic mass is 9.95. The first-order valence-electron chi connectivity index (χ1n) is 8.96. The third-order valence-corrected chi connectivity index (χ3v) is 4.41. The summed E-state index contributed by atoms with van der Waals surface area (Å²) in [5, 5.41) is 3.64. The van der Waals surface area contributed by atoms with Crippen LogP contribution in [0, 0.1) is 0 Å². The molecule has 132 valence electrons. The number of methoxy groups -OCH3 is 1. The molecule has 0 saturated heterocycles. The van der Waals surface area contributed by atoms with Gasteiger partial charge in [-0.3, -0.25) is 0 Å². The van der Waals surface area contributed by atoms with E-state index in [1.807, 2.05) is 18.2 Å². The maximum absolute atomic E-state index is 5.88. The molecule has 2 atom stereocenters. The van der Waals surface area contributed by atoms with Crippen LogP contribution in [-0.2, 0) is 4.74 Å². The topological polar surface area (TPSA) is 21.3 Å². The van der Waals surface area contributed by atoms with E-state index in [2.05, 4.69) is 90.3 Å². The van der Waals surface area contributed by atoms with Gasteiger partial charge >= 0.3 is 0 Å². The molecule has 3 aromatic carbocycles. The Hall–Kier alpha value is -2.68. The van der Waals surface area contributed by atoms with Gasteiger partial charge in [0, 0.05) is 13.7 Å². The summed E-state index contributed by atoms with van der Waals surface area (Å²) >= 11 is 0. The molecule has 0 saturated carbocycles. The Kier molecular flexibility index (Phi) is 6.77. The normalized spacial score (nSPS) is 13.6. The summed E-state index contributed by atoms with van der Waals surface area (Å²) in [6.07, 6.45) is 4.24. The number of nitrogens with one attached hydrogen (secondary N) is 1. The van der Waals surface area contributed by atoms with E-state index in [0.29, 0.717) is 0 Å². The van der Waals surface area contributed by atoms with E-state index in [0.717, 1.165) is 6.54 Å². The lowest BCUT2D eigenvalue weighted by Gasteiger charge is -2.27. The van der Waals surface area contributed by atoms with Crippen LogP contribution >= 0.6 is 0 Å². The fraction of sp³-hybridized carbons (Fsp3) is 0.167. The Morgan fingerprint density at radius 3 is 1.88 bits per heavy atom. The van der Waals surface area contributed by atoms with Gasteiger partial charge in [-0.2, -0.15) is 0 Å². The highest BCUT2D eigenvalue weighted by atomic mass is 16.5. The second-order valence-corrected chi connectivity index (χ2v) is 6.18. The van der Waals surface area contributed by atoms with Crippen LogP contribution in [0.1, 0.15) is 28.8 Å². The van der Waals surface area contributed by atoms with E-state index < -0.39 is 0 Å². The molecule has 26 heavy (non-hydrogen) atoms. The first kappa shape index (κ1) is 18.1. The van der Waals surface area contributed by atoms with Gasteiger partial charge in [-0.05, 0) is 16.7 Å². The van der Waals surface area contributed by atoms with Gasteiger partial charge in [-0.1, -0.05) is 103 Å². The highest BCUT2D eigenvalue weighted by Gasteiger charge is 2.23. The molecule has 0 bridgehead atoms. The van der Waals surface area contributed by atoms with Crippen molar-refractivity contribution in [2.45, 2.75) is 12.1 Å². The van der Waals surface area contributed by atoms with Crippen LogP contribution in [0.4, 0.5) is 0 Å². The molecule has 0 aliphatic carbocycles. The molecular weight excluding hydrogens is 318 g/mol. The van der Waals surface area contributed by atoms with Crippen LogP contribution in [0.5, 0.6) is 0 Å². The second kappa shape index (κ2) is 9.71. The van der Waals surface area contributed by atoms with E-state index in [1.54, 1.807) is 7.11 Å². The molecule has 0 heterocycles. The van der Waals surface area contributed by atoms with E-state index in [9.17, 15) is 0 Å². The zero-order chi connectivity index (χ0) is 18.0. The van der Waals surface area contributed by atoms with Crippen molar-refractivity contribution in [3.8, 4) is 0 Å². The van der Waals surface area contributed by atoms with Crippen molar-refractivity contribution < 1.29 is 4.74 Å². The molecule has 0 amide bonds. The highest BCUT2D eigenvalue weighted by Crippen LogP contribution is 2.31. The number of rotatable bonds is 8. The van der Waals surface area contributed by atoms with Crippen molar-refractivity contribution in [3.05, 3.63) is 114 Å². The summed E-state index contributed by atoms with van der Waals surface area (Å²) in [5.41, 5.74) is 3.59.